The highest BCUT2D eigenvalue weighted by atomic mass is 32.2. The molecule has 2 amide bonds. The van der Waals surface area contributed by atoms with Crippen LogP contribution in [0.2, 0.25) is 0 Å². The van der Waals surface area contributed by atoms with Crippen molar-refractivity contribution in [2.24, 2.45) is 0 Å². The molecule has 1 saturated heterocycles. The van der Waals surface area contributed by atoms with Crippen LogP contribution in [0.15, 0.2) is 18.2 Å². The number of Topliss-reactive ketones (excluding diaryl/α,β-unsaturated/α-hetero) is 1. The maximum atomic E-state index is 12.6. The van der Waals surface area contributed by atoms with Gasteiger partial charge in [0.1, 0.15) is 11.7 Å². The van der Waals surface area contributed by atoms with Gasteiger partial charge >= 0.3 is 31.3 Å². The molecule has 0 aliphatic carbocycles. The third kappa shape index (κ3) is 29.6. The zero-order valence-corrected chi connectivity index (χ0v) is 43.6. The summed E-state index contributed by atoms with van der Waals surface area (Å²) in [7, 11) is -17.4. The summed E-state index contributed by atoms with van der Waals surface area (Å²) < 4.78 is 84.8. The molecule has 0 radical (unpaired) electrons. The minimum atomic E-state index is -4.57. The van der Waals surface area contributed by atoms with Gasteiger partial charge in [-0.15, -0.1) is 11.8 Å². The first-order valence-corrected chi connectivity index (χ1v) is 28.4. The van der Waals surface area contributed by atoms with Crippen LogP contribution in [0.5, 0.6) is 0 Å². The number of likely N-dealkylation sites (tertiary alicyclic amines) is 1. The first kappa shape index (κ1) is 62.6. The highest BCUT2D eigenvalue weighted by molar-refractivity contribution is 8.00. The summed E-state index contributed by atoms with van der Waals surface area (Å²) in [6.07, 6.45) is 5.07. The molecule has 1 heterocycles. The Labute approximate surface area is 395 Å². The molecule has 2 rings (SSSR count). The molecule has 0 bridgehead atoms. The van der Waals surface area contributed by atoms with Crippen molar-refractivity contribution < 1.29 is 93.3 Å². The molecule has 1 aliphatic heterocycles. The van der Waals surface area contributed by atoms with Gasteiger partial charge in [0, 0.05) is 37.4 Å². The second kappa shape index (κ2) is 29.7. The standard InChI is InChI=1S/C25H38N2O13P2S.C12H28O8P2S/c1-18-9-10-19(21(14-18)27(31)32)15-20(28)8-6-5-7-11-26-23(29)16-22(24(26)30)43-17-39-41(33,34)37-12-13-38-42(35,36)40-25(2,3)4;1-12(2,3)20-22(15,16)19-10-9-18-21(13,14)17-8-6-4-5-7-11-23/h9-10,14,22H,5-8,11-13,15-17H2,1-4H3,(H,33,34)(H,35,36);23H,4-11H2,1-3H3,(H,13,14)(H,15,16). The Morgan fingerprint density at radius 1 is 0.758 bits per heavy atom. The van der Waals surface area contributed by atoms with Gasteiger partial charge in [-0.25, -0.2) is 18.3 Å². The maximum Gasteiger partial charge on any atom is 0.473 e. The van der Waals surface area contributed by atoms with E-state index in [0.717, 1.165) is 47.2 Å². The summed E-state index contributed by atoms with van der Waals surface area (Å²) >= 11 is 4.94. The maximum absolute atomic E-state index is 12.6. The Morgan fingerprint density at radius 2 is 1.24 bits per heavy atom. The van der Waals surface area contributed by atoms with E-state index in [-0.39, 0.29) is 57.1 Å². The van der Waals surface area contributed by atoms with Crippen molar-refractivity contribution in [3.63, 3.8) is 0 Å². The molecule has 66 heavy (non-hydrogen) atoms. The van der Waals surface area contributed by atoms with Gasteiger partial charge in [0.05, 0.1) is 54.4 Å². The molecule has 382 valence electrons. The number of unbranched alkanes of at least 4 members (excludes halogenated alkanes) is 5. The predicted octanol–water partition coefficient (Wildman–Crippen LogP) is 8.00. The van der Waals surface area contributed by atoms with Crippen LogP contribution in [0.1, 0.15) is 110 Å². The van der Waals surface area contributed by atoms with E-state index in [2.05, 4.69) is 30.7 Å². The van der Waals surface area contributed by atoms with Crippen molar-refractivity contribution in [3.05, 3.63) is 39.4 Å². The fourth-order valence-corrected chi connectivity index (χ4v) is 10.4. The number of rotatable bonds is 32. The lowest BCUT2D eigenvalue weighted by atomic mass is 10.0. The van der Waals surface area contributed by atoms with Gasteiger partial charge in [-0.3, -0.25) is 65.6 Å². The zero-order valence-electron chi connectivity index (χ0n) is 38.3. The third-order valence-corrected chi connectivity index (χ3v) is 14.2. The number of imide groups is 1. The summed E-state index contributed by atoms with van der Waals surface area (Å²) in [5.41, 5.74) is -0.803. The Morgan fingerprint density at radius 3 is 1.76 bits per heavy atom. The summed E-state index contributed by atoms with van der Waals surface area (Å²) in [5.74, 6) is -0.607. The van der Waals surface area contributed by atoms with Gasteiger partial charge in [0.2, 0.25) is 11.8 Å². The Hall–Kier alpha value is -1.43. The van der Waals surface area contributed by atoms with Crippen LogP contribution in [-0.4, -0.2) is 115 Å². The number of aryl methyl sites for hydroxylation is 1. The summed E-state index contributed by atoms with van der Waals surface area (Å²) in [6.45, 7) is 9.60. The zero-order chi connectivity index (χ0) is 50.4. The number of benzene rings is 1. The normalized spacial score (nSPS) is 18.2. The van der Waals surface area contributed by atoms with E-state index >= 15 is 0 Å². The van der Waals surface area contributed by atoms with Crippen LogP contribution in [0.25, 0.3) is 0 Å². The van der Waals surface area contributed by atoms with Crippen molar-refractivity contribution in [3.8, 4) is 0 Å². The lowest BCUT2D eigenvalue weighted by molar-refractivity contribution is -0.385. The summed E-state index contributed by atoms with van der Waals surface area (Å²) in [6, 6.07) is 4.73. The Kier molecular flexibility index (Phi) is 28.1. The molecule has 1 aromatic rings. The SMILES string of the molecule is CC(C)(C)OP(=O)(O)OCCOP(=O)(O)OCCCCCCS.Cc1ccc(CC(=O)CCCCCN2C(=O)CC(SCOP(=O)(O)OCCOP(=O)(O)OC(C)(C)C)C2=O)c([N+](=O)[O-])c1. The van der Waals surface area contributed by atoms with Gasteiger partial charge < -0.3 is 19.6 Å². The minimum absolute atomic E-state index is 0.0442. The number of thiol groups is 1. The van der Waals surface area contributed by atoms with Gasteiger partial charge in [-0.1, -0.05) is 31.4 Å². The van der Waals surface area contributed by atoms with Crippen LogP contribution in [-0.2, 0) is 75.3 Å². The lowest BCUT2D eigenvalue weighted by Gasteiger charge is -2.22. The molecule has 4 N–H and O–H groups in total. The van der Waals surface area contributed by atoms with Crippen molar-refractivity contribution >= 4 is 79.0 Å². The number of carbonyl (C=O) groups is 3. The topological polar surface area (TPSA) is 321 Å². The van der Waals surface area contributed by atoms with E-state index < -0.39 is 83.6 Å². The molecule has 1 aromatic carbocycles. The molecular formula is C37H66N2O21P4S2. The molecule has 23 nitrogen and oxygen atoms in total. The molecule has 0 saturated carbocycles. The number of carbonyl (C=O) groups excluding carboxylic acids is 3. The number of phosphoric ester groups is 4. The minimum Gasteiger partial charge on any atom is -0.302 e. The van der Waals surface area contributed by atoms with Gasteiger partial charge in [-0.05, 0) is 85.5 Å². The number of thioether (sulfide) groups is 1. The number of amides is 2. The number of ketones is 1. The van der Waals surface area contributed by atoms with E-state index in [1.54, 1.807) is 60.6 Å². The Balaban J connectivity index is 0.000000800. The van der Waals surface area contributed by atoms with E-state index in [4.69, 9.17) is 18.1 Å². The smallest absolute Gasteiger partial charge is 0.302 e. The number of nitro benzene ring substituents is 1. The number of hydrogen-bond acceptors (Lipinski definition) is 19. The van der Waals surface area contributed by atoms with Crippen LogP contribution in [0, 0.1) is 17.0 Å². The second-order valence-corrected chi connectivity index (χ2v) is 23.7. The molecule has 29 heteroatoms. The number of phosphoric acid groups is 4. The van der Waals surface area contributed by atoms with Crippen molar-refractivity contribution in [1.29, 1.82) is 0 Å². The molecule has 5 unspecified atom stereocenters. The quantitative estimate of drug-likeness (QED) is 0.00867. The van der Waals surface area contributed by atoms with E-state index in [1.165, 1.54) is 6.07 Å². The molecule has 1 aliphatic rings. The van der Waals surface area contributed by atoms with Gasteiger partial charge in [-0.2, -0.15) is 12.6 Å². The summed E-state index contributed by atoms with van der Waals surface area (Å²) in [5, 5.41) is 10.4. The fraction of sp³-hybridized carbons (Fsp3) is 0.757. The van der Waals surface area contributed by atoms with E-state index in [9.17, 15) is 62.3 Å². The second-order valence-electron chi connectivity index (χ2n) is 16.5. The molecule has 1 fully saturated rings. The van der Waals surface area contributed by atoms with Crippen molar-refractivity contribution in [2.45, 2.75) is 129 Å². The highest BCUT2D eigenvalue weighted by Crippen LogP contribution is 2.49. The van der Waals surface area contributed by atoms with Gasteiger partial charge in [0.25, 0.3) is 5.69 Å². The number of nitrogens with zero attached hydrogens (tertiary/aromatic N) is 2. The van der Waals surface area contributed by atoms with Crippen molar-refractivity contribution in [1.82, 2.24) is 4.90 Å². The predicted molar refractivity (Wildman–Crippen MR) is 247 cm³/mol. The van der Waals surface area contributed by atoms with Crippen LogP contribution in [0.3, 0.4) is 0 Å². The molecule has 0 spiro atoms. The van der Waals surface area contributed by atoms with Crippen LogP contribution >= 0.6 is 55.7 Å². The molecule has 5 atom stereocenters. The highest BCUT2D eigenvalue weighted by Gasteiger charge is 2.39. The number of nitro groups is 1. The first-order valence-electron chi connectivity index (χ1n) is 20.8. The van der Waals surface area contributed by atoms with E-state index in [0.29, 0.717) is 31.2 Å². The summed E-state index contributed by atoms with van der Waals surface area (Å²) in [4.78, 5) is 87.3. The first-order chi connectivity index (χ1) is 30.4. The van der Waals surface area contributed by atoms with Crippen molar-refractivity contribution in [2.75, 3.05) is 51.3 Å². The lowest BCUT2D eigenvalue weighted by Crippen LogP contribution is -2.32. The number of hydrogen-bond donors (Lipinski definition) is 5. The average molecular weight is 1060 g/mol. The largest absolute Gasteiger partial charge is 0.473 e. The van der Waals surface area contributed by atoms with E-state index in [1.807, 2.05) is 0 Å². The van der Waals surface area contributed by atoms with Crippen LogP contribution < -0.4 is 0 Å². The van der Waals surface area contributed by atoms with Gasteiger partial charge in [0.15, 0.2) is 0 Å². The average Bonchev–Trinajstić information content (AvgIpc) is 3.43. The monoisotopic (exact) mass is 1060 g/mol. The third-order valence-electron chi connectivity index (χ3n) is 8.12. The Bertz CT molecular complexity index is 1910. The molecular weight excluding hydrogens is 996 g/mol. The van der Waals surface area contributed by atoms with Crippen LogP contribution in [0.4, 0.5) is 5.69 Å². The molecule has 0 aromatic heterocycles. The fourth-order valence-electron chi connectivity index (χ4n) is 5.44.